The molecule has 0 aliphatic carbocycles. The maximum Gasteiger partial charge on any atom is 0.254 e. The minimum Gasteiger partial charge on any atom is -0.437 e. The lowest BCUT2D eigenvalue weighted by Crippen LogP contribution is -2.12. The van der Waals surface area contributed by atoms with Crippen LogP contribution < -0.4 is 10.3 Å². The van der Waals surface area contributed by atoms with E-state index >= 15 is 0 Å². The minimum absolute atomic E-state index is 0.132. The summed E-state index contributed by atoms with van der Waals surface area (Å²) in [7, 11) is 0. The van der Waals surface area contributed by atoms with E-state index in [9.17, 15) is 4.79 Å². The molecule has 0 aromatic carbocycles. The van der Waals surface area contributed by atoms with Gasteiger partial charge in [-0.05, 0) is 25.5 Å². The van der Waals surface area contributed by atoms with Crippen LogP contribution in [0.3, 0.4) is 0 Å². The molecule has 0 radical (unpaired) electrons. The van der Waals surface area contributed by atoms with Gasteiger partial charge < -0.3 is 9.72 Å². The Morgan fingerprint density at radius 1 is 1.30 bits per heavy atom. The fourth-order valence-corrected chi connectivity index (χ4v) is 1.84. The third kappa shape index (κ3) is 3.23. The van der Waals surface area contributed by atoms with Crippen molar-refractivity contribution in [2.24, 2.45) is 0 Å². The van der Waals surface area contributed by atoms with Gasteiger partial charge in [0.05, 0.1) is 11.8 Å². The normalized spacial score (nSPS) is 10.8. The van der Waals surface area contributed by atoms with Gasteiger partial charge in [-0.1, -0.05) is 20.8 Å². The molecule has 2 aromatic heterocycles. The molecule has 0 aliphatic heterocycles. The van der Waals surface area contributed by atoms with E-state index in [1.54, 1.807) is 0 Å². The molecule has 0 saturated heterocycles. The van der Waals surface area contributed by atoms with Crippen LogP contribution in [0.5, 0.6) is 11.6 Å². The summed E-state index contributed by atoms with van der Waals surface area (Å²) in [6.45, 7) is 7.88. The molecule has 0 bridgehead atoms. The average molecular weight is 273 g/mol. The van der Waals surface area contributed by atoms with E-state index < -0.39 is 0 Å². The second-order valence-electron chi connectivity index (χ2n) is 4.98. The van der Waals surface area contributed by atoms with Crippen LogP contribution in [0.2, 0.25) is 0 Å². The molecule has 5 heteroatoms. The summed E-state index contributed by atoms with van der Waals surface area (Å²) in [5.41, 5.74) is 1.59. The number of hydrogen-bond donors (Lipinski definition) is 1. The van der Waals surface area contributed by atoms with Gasteiger partial charge >= 0.3 is 0 Å². The third-order valence-corrected chi connectivity index (χ3v) is 2.90. The number of nitrogens with one attached hydrogen (secondary N) is 1. The van der Waals surface area contributed by atoms with Crippen molar-refractivity contribution in [2.45, 2.75) is 40.0 Å². The molecule has 2 rings (SSSR count). The van der Waals surface area contributed by atoms with Crippen molar-refractivity contribution < 1.29 is 4.74 Å². The van der Waals surface area contributed by atoms with Crippen LogP contribution in [0.1, 0.15) is 43.9 Å². The number of nitrogens with zero attached hydrogens (tertiary/aromatic N) is 2. The summed E-state index contributed by atoms with van der Waals surface area (Å²) in [4.78, 5) is 23.1. The topological polar surface area (TPSA) is 67.9 Å². The van der Waals surface area contributed by atoms with Gasteiger partial charge in [0.1, 0.15) is 5.82 Å². The lowest BCUT2D eigenvalue weighted by atomic mass is 10.2. The molecular weight excluding hydrogens is 254 g/mol. The Hall–Kier alpha value is -2.17. The Labute approximate surface area is 118 Å². The van der Waals surface area contributed by atoms with Crippen molar-refractivity contribution in [2.75, 3.05) is 0 Å². The van der Waals surface area contributed by atoms with Gasteiger partial charge in [0.15, 0.2) is 5.75 Å². The van der Waals surface area contributed by atoms with E-state index in [0.29, 0.717) is 17.5 Å². The first-order chi connectivity index (χ1) is 9.49. The quantitative estimate of drug-likeness (QED) is 0.930. The summed E-state index contributed by atoms with van der Waals surface area (Å²) < 4.78 is 5.73. The fourth-order valence-electron chi connectivity index (χ4n) is 1.84. The Bertz CT molecular complexity index is 662. The predicted octanol–water partition coefficient (Wildman–Crippen LogP) is 2.95. The Morgan fingerprint density at radius 3 is 2.70 bits per heavy atom. The van der Waals surface area contributed by atoms with Crippen LogP contribution >= 0.6 is 0 Å². The zero-order valence-corrected chi connectivity index (χ0v) is 12.2. The van der Waals surface area contributed by atoms with Crippen LogP contribution in [0.4, 0.5) is 0 Å². The zero-order valence-electron chi connectivity index (χ0n) is 12.2. The monoisotopic (exact) mass is 273 g/mol. The molecule has 0 saturated carbocycles. The van der Waals surface area contributed by atoms with Crippen LogP contribution in [0.25, 0.3) is 0 Å². The molecule has 5 nitrogen and oxygen atoms in total. The number of aromatic amines is 1. The summed E-state index contributed by atoms with van der Waals surface area (Å²) in [6.07, 6.45) is 0.761. The summed E-state index contributed by atoms with van der Waals surface area (Å²) in [5, 5.41) is 0. The van der Waals surface area contributed by atoms with Crippen LogP contribution in [-0.2, 0) is 6.42 Å². The van der Waals surface area contributed by atoms with Crippen molar-refractivity contribution in [3.63, 3.8) is 0 Å². The number of H-pyrrole nitrogens is 1. The van der Waals surface area contributed by atoms with Gasteiger partial charge in [0, 0.05) is 11.6 Å². The largest absolute Gasteiger partial charge is 0.437 e. The lowest BCUT2D eigenvalue weighted by molar-refractivity contribution is 0.447. The second-order valence-corrected chi connectivity index (χ2v) is 4.98. The molecule has 1 N–H and O–H groups in total. The number of aromatic nitrogens is 3. The number of aryl methyl sites for hydroxylation is 2. The summed E-state index contributed by atoms with van der Waals surface area (Å²) in [6, 6.07) is 5.09. The van der Waals surface area contributed by atoms with Crippen molar-refractivity contribution in [1.29, 1.82) is 0 Å². The minimum atomic E-state index is -0.211. The second kappa shape index (κ2) is 5.86. The molecular formula is C15H19N3O2. The summed E-state index contributed by atoms with van der Waals surface area (Å²) >= 11 is 0. The van der Waals surface area contributed by atoms with Crippen molar-refractivity contribution in [1.82, 2.24) is 15.0 Å². The van der Waals surface area contributed by atoms with Gasteiger partial charge in [0.2, 0.25) is 5.88 Å². The maximum absolute atomic E-state index is 11.6. The SMILES string of the molecule is CCc1nc(C)ccc1Oc1cc(=O)[nH]c(C(C)C)n1. The molecule has 0 unspecified atom stereocenters. The standard InChI is InChI=1S/C15H19N3O2/c1-5-11-12(7-6-10(4)16-11)20-14-8-13(19)17-15(18-14)9(2)3/h6-9H,5H2,1-4H3,(H,17,18,19). The molecule has 2 aromatic rings. The highest BCUT2D eigenvalue weighted by Gasteiger charge is 2.10. The Morgan fingerprint density at radius 2 is 2.05 bits per heavy atom. The van der Waals surface area contributed by atoms with Gasteiger partial charge in [-0.25, -0.2) is 0 Å². The molecule has 0 spiro atoms. The first-order valence-corrected chi connectivity index (χ1v) is 6.75. The molecule has 0 atom stereocenters. The van der Waals surface area contributed by atoms with E-state index in [-0.39, 0.29) is 11.5 Å². The number of ether oxygens (including phenoxy) is 1. The van der Waals surface area contributed by atoms with Crippen molar-refractivity contribution >= 4 is 0 Å². The van der Waals surface area contributed by atoms with Crippen LogP contribution in [0, 0.1) is 6.92 Å². The van der Waals surface area contributed by atoms with Crippen molar-refractivity contribution in [3.05, 3.63) is 45.8 Å². The van der Waals surface area contributed by atoms with E-state index in [1.807, 2.05) is 39.8 Å². The van der Waals surface area contributed by atoms with E-state index in [1.165, 1.54) is 6.07 Å². The highest BCUT2D eigenvalue weighted by atomic mass is 16.5. The zero-order chi connectivity index (χ0) is 14.7. The number of pyridine rings is 1. The van der Waals surface area contributed by atoms with E-state index in [4.69, 9.17) is 4.74 Å². The molecule has 20 heavy (non-hydrogen) atoms. The highest BCUT2D eigenvalue weighted by molar-refractivity contribution is 5.32. The van der Waals surface area contributed by atoms with Gasteiger partial charge in [-0.3, -0.25) is 9.78 Å². The van der Waals surface area contributed by atoms with Crippen molar-refractivity contribution in [3.8, 4) is 11.6 Å². The maximum atomic E-state index is 11.6. The van der Waals surface area contributed by atoms with E-state index in [2.05, 4.69) is 15.0 Å². The van der Waals surface area contributed by atoms with E-state index in [0.717, 1.165) is 17.8 Å². The molecule has 0 amide bonds. The predicted molar refractivity (Wildman–Crippen MR) is 77.4 cm³/mol. The van der Waals surface area contributed by atoms with Gasteiger partial charge in [0.25, 0.3) is 5.56 Å². The van der Waals surface area contributed by atoms with Gasteiger partial charge in [-0.15, -0.1) is 0 Å². The average Bonchev–Trinajstić information content (AvgIpc) is 2.40. The number of rotatable bonds is 4. The van der Waals surface area contributed by atoms with Crippen LogP contribution in [0.15, 0.2) is 23.0 Å². The number of hydrogen-bond acceptors (Lipinski definition) is 4. The Balaban J connectivity index is 2.37. The first kappa shape index (κ1) is 14.2. The molecule has 0 aliphatic rings. The van der Waals surface area contributed by atoms with Crippen LogP contribution in [-0.4, -0.2) is 15.0 Å². The first-order valence-electron chi connectivity index (χ1n) is 6.75. The fraction of sp³-hybridized carbons (Fsp3) is 0.400. The molecule has 106 valence electrons. The lowest BCUT2D eigenvalue weighted by Gasteiger charge is -2.11. The smallest absolute Gasteiger partial charge is 0.254 e. The molecule has 0 fully saturated rings. The Kier molecular flexibility index (Phi) is 4.17. The summed E-state index contributed by atoms with van der Waals surface area (Å²) in [5.74, 6) is 1.70. The van der Waals surface area contributed by atoms with Gasteiger partial charge in [-0.2, -0.15) is 4.98 Å². The highest BCUT2D eigenvalue weighted by Crippen LogP contribution is 2.23. The molecule has 2 heterocycles. The third-order valence-electron chi connectivity index (χ3n) is 2.90.